The first-order chi connectivity index (χ1) is 6.50. The fourth-order valence-corrected chi connectivity index (χ4v) is 1.43. The molecule has 3 heteroatoms. The molecular formula is C11H15F2N. The highest BCUT2D eigenvalue weighted by Gasteiger charge is 2.13. The molecule has 78 valence electrons. The summed E-state index contributed by atoms with van der Waals surface area (Å²) in [5.74, 6) is -0.507. The highest BCUT2D eigenvalue weighted by molar-refractivity contribution is 5.21. The smallest absolute Gasteiger partial charge is 0.128 e. The maximum absolute atomic E-state index is 13.2. The van der Waals surface area contributed by atoms with Gasteiger partial charge in [0.05, 0.1) is 0 Å². The Bertz CT molecular complexity index is 310. The third-order valence-corrected chi connectivity index (χ3v) is 2.08. The molecule has 1 atom stereocenters. The molecule has 0 aromatic heterocycles. The predicted octanol–water partition coefficient (Wildman–Crippen LogP) is 3.01. The van der Waals surface area contributed by atoms with Crippen LogP contribution in [0.3, 0.4) is 0 Å². The molecule has 0 unspecified atom stereocenters. The van der Waals surface area contributed by atoms with Crippen LogP contribution in [0.5, 0.6) is 0 Å². The maximum atomic E-state index is 13.2. The molecular weight excluding hydrogens is 184 g/mol. The molecule has 0 spiro atoms. The van der Waals surface area contributed by atoms with Gasteiger partial charge in [-0.1, -0.05) is 13.8 Å². The molecule has 0 saturated carbocycles. The van der Waals surface area contributed by atoms with E-state index in [-0.39, 0.29) is 5.56 Å². The van der Waals surface area contributed by atoms with E-state index in [0.29, 0.717) is 12.3 Å². The van der Waals surface area contributed by atoms with Gasteiger partial charge < -0.3 is 5.73 Å². The van der Waals surface area contributed by atoms with Crippen LogP contribution in [0, 0.1) is 17.6 Å². The molecule has 2 N–H and O–H groups in total. The van der Waals surface area contributed by atoms with Gasteiger partial charge in [-0.25, -0.2) is 8.78 Å². The number of nitrogens with two attached hydrogens (primary N) is 1. The topological polar surface area (TPSA) is 26.0 Å². The van der Waals surface area contributed by atoms with Crippen LogP contribution < -0.4 is 5.73 Å². The Balaban J connectivity index is 2.88. The lowest BCUT2D eigenvalue weighted by Gasteiger charge is -2.15. The second-order valence-electron chi connectivity index (χ2n) is 3.90. The largest absolute Gasteiger partial charge is 0.324 e. The van der Waals surface area contributed by atoms with Crippen LogP contribution in [-0.4, -0.2) is 0 Å². The first-order valence-corrected chi connectivity index (χ1v) is 4.71. The Morgan fingerprint density at radius 3 is 2.50 bits per heavy atom. The van der Waals surface area contributed by atoms with E-state index in [2.05, 4.69) is 0 Å². The zero-order chi connectivity index (χ0) is 10.7. The lowest BCUT2D eigenvalue weighted by molar-refractivity contribution is 0.484. The second kappa shape index (κ2) is 4.51. The minimum atomic E-state index is -0.444. The van der Waals surface area contributed by atoms with Gasteiger partial charge in [0.15, 0.2) is 0 Å². The molecule has 0 aliphatic rings. The molecule has 0 radical (unpaired) electrons. The monoisotopic (exact) mass is 199 g/mol. The number of rotatable bonds is 3. The van der Waals surface area contributed by atoms with Gasteiger partial charge in [-0.3, -0.25) is 0 Å². The zero-order valence-electron chi connectivity index (χ0n) is 8.43. The van der Waals surface area contributed by atoms with Crippen LogP contribution in [0.2, 0.25) is 0 Å². The zero-order valence-corrected chi connectivity index (χ0v) is 8.43. The summed E-state index contributed by atoms with van der Waals surface area (Å²) in [6.45, 7) is 3.99. The Hall–Kier alpha value is -0.960. The molecule has 1 aromatic carbocycles. The highest BCUT2D eigenvalue weighted by atomic mass is 19.1. The van der Waals surface area contributed by atoms with Crippen molar-refractivity contribution in [1.82, 2.24) is 0 Å². The molecule has 1 rings (SSSR count). The number of halogens is 2. The summed E-state index contributed by atoms with van der Waals surface area (Å²) in [6.07, 6.45) is 0.653. The molecule has 0 fully saturated rings. The average molecular weight is 199 g/mol. The minimum absolute atomic E-state index is 0.263. The Labute approximate surface area is 82.9 Å². The molecule has 14 heavy (non-hydrogen) atoms. The van der Waals surface area contributed by atoms with Crippen molar-refractivity contribution in [3.05, 3.63) is 35.4 Å². The van der Waals surface area contributed by atoms with Gasteiger partial charge in [-0.05, 0) is 30.5 Å². The molecule has 0 aliphatic heterocycles. The summed E-state index contributed by atoms with van der Waals surface area (Å²) in [7, 11) is 0. The number of hydrogen-bond donors (Lipinski definition) is 1. The van der Waals surface area contributed by atoms with Crippen molar-refractivity contribution in [2.24, 2.45) is 11.7 Å². The SMILES string of the molecule is CC(C)C[C@@H](N)c1cc(F)ccc1F. The summed E-state index contributed by atoms with van der Waals surface area (Å²) in [6, 6.07) is 2.96. The molecule has 1 aromatic rings. The standard InChI is InChI=1S/C11H15F2N/c1-7(2)5-11(14)9-6-8(12)3-4-10(9)13/h3-4,6-7,11H,5,14H2,1-2H3/t11-/m1/s1. The molecule has 0 bridgehead atoms. The van der Waals surface area contributed by atoms with Gasteiger partial charge in [-0.2, -0.15) is 0 Å². The van der Waals surface area contributed by atoms with Crippen LogP contribution in [0.4, 0.5) is 8.78 Å². The van der Waals surface area contributed by atoms with Gasteiger partial charge in [-0.15, -0.1) is 0 Å². The molecule has 1 nitrogen and oxygen atoms in total. The predicted molar refractivity (Wildman–Crippen MR) is 52.7 cm³/mol. The molecule has 0 amide bonds. The Morgan fingerprint density at radius 1 is 1.29 bits per heavy atom. The van der Waals surface area contributed by atoms with Crippen molar-refractivity contribution < 1.29 is 8.78 Å². The van der Waals surface area contributed by atoms with Crippen LogP contribution in [0.15, 0.2) is 18.2 Å². The first-order valence-electron chi connectivity index (χ1n) is 4.71. The fraction of sp³-hybridized carbons (Fsp3) is 0.455. The summed E-state index contributed by atoms with van der Waals surface area (Å²) in [5, 5.41) is 0. The summed E-state index contributed by atoms with van der Waals surface area (Å²) in [4.78, 5) is 0. The van der Waals surface area contributed by atoms with E-state index in [1.165, 1.54) is 6.07 Å². The summed E-state index contributed by atoms with van der Waals surface area (Å²) in [5.41, 5.74) is 6.02. The lowest BCUT2D eigenvalue weighted by atomic mass is 9.97. The maximum Gasteiger partial charge on any atom is 0.128 e. The van der Waals surface area contributed by atoms with E-state index < -0.39 is 17.7 Å². The van der Waals surface area contributed by atoms with Crippen molar-refractivity contribution in [2.45, 2.75) is 26.3 Å². The van der Waals surface area contributed by atoms with E-state index in [0.717, 1.165) is 12.1 Å². The van der Waals surface area contributed by atoms with Crippen molar-refractivity contribution in [3.8, 4) is 0 Å². The van der Waals surface area contributed by atoms with Gasteiger partial charge in [0.25, 0.3) is 0 Å². The van der Waals surface area contributed by atoms with Crippen molar-refractivity contribution >= 4 is 0 Å². The fourth-order valence-electron chi connectivity index (χ4n) is 1.43. The Morgan fingerprint density at radius 2 is 1.93 bits per heavy atom. The van der Waals surface area contributed by atoms with Crippen LogP contribution in [0.25, 0.3) is 0 Å². The summed E-state index contributed by atoms with van der Waals surface area (Å²) >= 11 is 0. The van der Waals surface area contributed by atoms with E-state index in [4.69, 9.17) is 5.73 Å². The van der Waals surface area contributed by atoms with Gasteiger partial charge in [0.1, 0.15) is 11.6 Å². The van der Waals surface area contributed by atoms with Crippen LogP contribution in [0.1, 0.15) is 31.9 Å². The number of hydrogen-bond acceptors (Lipinski definition) is 1. The third-order valence-electron chi connectivity index (χ3n) is 2.08. The minimum Gasteiger partial charge on any atom is -0.324 e. The summed E-state index contributed by atoms with van der Waals surface area (Å²) < 4.78 is 26.0. The molecule has 0 heterocycles. The quantitative estimate of drug-likeness (QED) is 0.795. The van der Waals surface area contributed by atoms with Crippen molar-refractivity contribution in [3.63, 3.8) is 0 Å². The second-order valence-corrected chi connectivity index (χ2v) is 3.90. The van der Waals surface area contributed by atoms with E-state index in [9.17, 15) is 8.78 Å². The van der Waals surface area contributed by atoms with Crippen LogP contribution >= 0.6 is 0 Å². The van der Waals surface area contributed by atoms with Gasteiger partial charge in [0, 0.05) is 11.6 Å². The first kappa shape index (κ1) is 11.1. The molecule has 0 aliphatic carbocycles. The van der Waals surface area contributed by atoms with E-state index in [1.54, 1.807) is 0 Å². The van der Waals surface area contributed by atoms with Gasteiger partial charge in [0.2, 0.25) is 0 Å². The normalized spacial score (nSPS) is 13.3. The lowest BCUT2D eigenvalue weighted by Crippen LogP contribution is -2.14. The Kier molecular flexibility index (Phi) is 3.58. The average Bonchev–Trinajstić information content (AvgIpc) is 2.08. The van der Waals surface area contributed by atoms with Crippen molar-refractivity contribution in [1.29, 1.82) is 0 Å². The van der Waals surface area contributed by atoms with Gasteiger partial charge >= 0.3 is 0 Å². The highest BCUT2D eigenvalue weighted by Crippen LogP contribution is 2.22. The number of benzene rings is 1. The molecule has 0 saturated heterocycles. The van der Waals surface area contributed by atoms with E-state index in [1.807, 2.05) is 13.8 Å². The van der Waals surface area contributed by atoms with E-state index >= 15 is 0 Å². The van der Waals surface area contributed by atoms with Crippen LogP contribution in [-0.2, 0) is 0 Å². The van der Waals surface area contributed by atoms with Crippen molar-refractivity contribution in [2.75, 3.05) is 0 Å². The third kappa shape index (κ3) is 2.77.